The standard InChI is InChI=1S/C19H29N5O2/c1-3-20-19(23-13-12-21-18(26)16-6-7-16)22-11-10-15-4-8-17(9-5-15)24-14(2)25/h4-5,8-9,16H,3,6-7,10-13H2,1-2H3,(H,21,26)(H,24,25)(H2,20,22,23). The number of amides is 2. The Bertz CT molecular complexity index is 623. The van der Waals surface area contributed by atoms with Gasteiger partial charge in [-0.05, 0) is 43.9 Å². The first-order valence-electron chi connectivity index (χ1n) is 9.25. The predicted octanol–water partition coefficient (Wildman–Crippen LogP) is 1.27. The number of guanidine groups is 1. The number of hydrogen-bond donors (Lipinski definition) is 4. The third-order valence-corrected chi connectivity index (χ3v) is 3.95. The van der Waals surface area contributed by atoms with Gasteiger partial charge in [-0.25, -0.2) is 0 Å². The van der Waals surface area contributed by atoms with Crippen molar-refractivity contribution < 1.29 is 9.59 Å². The van der Waals surface area contributed by atoms with E-state index in [1.807, 2.05) is 31.2 Å². The van der Waals surface area contributed by atoms with Crippen molar-refractivity contribution in [2.24, 2.45) is 10.9 Å². The second-order valence-electron chi connectivity index (χ2n) is 6.38. The molecule has 0 aromatic heterocycles. The summed E-state index contributed by atoms with van der Waals surface area (Å²) in [5.74, 6) is 1.09. The second-order valence-corrected chi connectivity index (χ2v) is 6.38. The molecule has 1 aromatic rings. The third kappa shape index (κ3) is 7.55. The zero-order valence-corrected chi connectivity index (χ0v) is 15.6. The number of carbonyl (C=O) groups is 2. The van der Waals surface area contributed by atoms with Crippen LogP contribution in [0.1, 0.15) is 32.3 Å². The van der Waals surface area contributed by atoms with Gasteiger partial charge in [0.2, 0.25) is 11.8 Å². The zero-order valence-electron chi connectivity index (χ0n) is 15.6. The van der Waals surface area contributed by atoms with Crippen LogP contribution < -0.4 is 21.3 Å². The molecule has 1 aromatic carbocycles. The fourth-order valence-corrected chi connectivity index (χ4v) is 2.45. The van der Waals surface area contributed by atoms with Gasteiger partial charge in [-0.15, -0.1) is 0 Å². The Balaban J connectivity index is 1.71. The minimum atomic E-state index is -0.0722. The average molecular weight is 359 g/mol. The molecule has 142 valence electrons. The minimum Gasteiger partial charge on any atom is -0.357 e. The van der Waals surface area contributed by atoms with Gasteiger partial charge in [-0.3, -0.25) is 14.6 Å². The van der Waals surface area contributed by atoms with Crippen molar-refractivity contribution in [2.75, 3.05) is 31.5 Å². The quantitative estimate of drug-likeness (QED) is 0.303. The van der Waals surface area contributed by atoms with E-state index in [0.29, 0.717) is 19.6 Å². The van der Waals surface area contributed by atoms with E-state index in [0.717, 1.165) is 43.0 Å². The molecule has 0 bridgehead atoms. The third-order valence-electron chi connectivity index (χ3n) is 3.95. The van der Waals surface area contributed by atoms with Gasteiger partial charge in [0.1, 0.15) is 0 Å². The molecule has 0 radical (unpaired) electrons. The van der Waals surface area contributed by atoms with Crippen molar-refractivity contribution in [3.05, 3.63) is 29.8 Å². The molecule has 2 rings (SSSR count). The fraction of sp³-hybridized carbons (Fsp3) is 0.526. The molecular formula is C19H29N5O2. The van der Waals surface area contributed by atoms with E-state index in [9.17, 15) is 9.59 Å². The SMILES string of the molecule is CCNC(=NCCc1ccc(NC(C)=O)cc1)NCCNC(=O)C1CC1. The number of nitrogens with one attached hydrogen (secondary N) is 4. The Morgan fingerprint density at radius 3 is 2.38 bits per heavy atom. The van der Waals surface area contributed by atoms with E-state index < -0.39 is 0 Å². The molecule has 0 unspecified atom stereocenters. The summed E-state index contributed by atoms with van der Waals surface area (Å²) in [6, 6.07) is 7.78. The number of benzene rings is 1. The molecule has 1 aliphatic rings. The maximum absolute atomic E-state index is 11.6. The number of anilines is 1. The van der Waals surface area contributed by atoms with E-state index in [1.165, 1.54) is 6.92 Å². The van der Waals surface area contributed by atoms with Gasteiger partial charge in [-0.2, -0.15) is 0 Å². The maximum atomic E-state index is 11.6. The lowest BCUT2D eigenvalue weighted by atomic mass is 10.1. The van der Waals surface area contributed by atoms with Crippen molar-refractivity contribution in [1.82, 2.24) is 16.0 Å². The molecule has 4 N–H and O–H groups in total. The van der Waals surface area contributed by atoms with Crippen molar-refractivity contribution in [3.63, 3.8) is 0 Å². The van der Waals surface area contributed by atoms with Crippen LogP contribution in [-0.2, 0) is 16.0 Å². The molecule has 0 spiro atoms. The van der Waals surface area contributed by atoms with Crippen LogP contribution in [0.2, 0.25) is 0 Å². The Kier molecular flexibility index (Phi) is 7.92. The normalized spacial score (nSPS) is 13.8. The van der Waals surface area contributed by atoms with Gasteiger partial charge in [0.25, 0.3) is 0 Å². The zero-order chi connectivity index (χ0) is 18.8. The minimum absolute atomic E-state index is 0.0722. The molecule has 7 heteroatoms. The molecule has 0 atom stereocenters. The summed E-state index contributed by atoms with van der Waals surface area (Å²) in [5, 5.41) is 12.1. The fourth-order valence-electron chi connectivity index (χ4n) is 2.45. The van der Waals surface area contributed by atoms with Gasteiger partial charge in [0.05, 0.1) is 0 Å². The highest BCUT2D eigenvalue weighted by Gasteiger charge is 2.28. The lowest BCUT2D eigenvalue weighted by molar-refractivity contribution is -0.122. The molecule has 2 amide bonds. The smallest absolute Gasteiger partial charge is 0.223 e. The van der Waals surface area contributed by atoms with Crippen LogP contribution in [0, 0.1) is 5.92 Å². The Morgan fingerprint density at radius 1 is 1.08 bits per heavy atom. The van der Waals surface area contributed by atoms with E-state index in [-0.39, 0.29) is 17.7 Å². The van der Waals surface area contributed by atoms with Crippen LogP contribution in [0.25, 0.3) is 0 Å². The first-order valence-corrected chi connectivity index (χ1v) is 9.25. The van der Waals surface area contributed by atoms with E-state index in [1.54, 1.807) is 0 Å². The summed E-state index contributed by atoms with van der Waals surface area (Å²) < 4.78 is 0. The molecule has 1 aliphatic carbocycles. The molecule has 0 saturated heterocycles. The van der Waals surface area contributed by atoms with Crippen molar-refractivity contribution >= 4 is 23.5 Å². The van der Waals surface area contributed by atoms with Crippen LogP contribution in [0.4, 0.5) is 5.69 Å². The number of carbonyl (C=O) groups excluding carboxylic acids is 2. The summed E-state index contributed by atoms with van der Waals surface area (Å²) in [6.07, 6.45) is 2.86. The molecule has 1 saturated carbocycles. The van der Waals surface area contributed by atoms with Gasteiger partial charge in [0, 0.05) is 44.7 Å². The van der Waals surface area contributed by atoms with Crippen LogP contribution >= 0.6 is 0 Å². The van der Waals surface area contributed by atoms with E-state index >= 15 is 0 Å². The average Bonchev–Trinajstić information content (AvgIpc) is 3.44. The summed E-state index contributed by atoms with van der Waals surface area (Å²) >= 11 is 0. The van der Waals surface area contributed by atoms with E-state index in [2.05, 4.69) is 26.3 Å². The van der Waals surface area contributed by atoms with Crippen molar-refractivity contribution in [1.29, 1.82) is 0 Å². The van der Waals surface area contributed by atoms with Crippen LogP contribution in [-0.4, -0.2) is 44.0 Å². The number of aliphatic imine (C=N–C) groups is 1. The Hall–Kier alpha value is -2.57. The van der Waals surface area contributed by atoms with Crippen LogP contribution in [0.5, 0.6) is 0 Å². The molecule has 26 heavy (non-hydrogen) atoms. The first-order chi connectivity index (χ1) is 12.6. The Morgan fingerprint density at radius 2 is 1.77 bits per heavy atom. The van der Waals surface area contributed by atoms with Gasteiger partial charge in [-0.1, -0.05) is 12.1 Å². The first kappa shape index (κ1) is 19.8. The predicted molar refractivity (Wildman–Crippen MR) is 104 cm³/mol. The summed E-state index contributed by atoms with van der Waals surface area (Å²) in [7, 11) is 0. The second kappa shape index (κ2) is 10.4. The molecular weight excluding hydrogens is 330 g/mol. The number of hydrogen-bond acceptors (Lipinski definition) is 3. The van der Waals surface area contributed by atoms with Gasteiger partial charge >= 0.3 is 0 Å². The van der Waals surface area contributed by atoms with Crippen molar-refractivity contribution in [2.45, 2.75) is 33.1 Å². The Labute approximate surface area is 155 Å². The highest BCUT2D eigenvalue weighted by atomic mass is 16.2. The maximum Gasteiger partial charge on any atom is 0.223 e. The van der Waals surface area contributed by atoms with Gasteiger partial charge < -0.3 is 21.3 Å². The lowest BCUT2D eigenvalue weighted by Crippen LogP contribution is -2.41. The molecule has 0 heterocycles. The highest BCUT2D eigenvalue weighted by Crippen LogP contribution is 2.28. The lowest BCUT2D eigenvalue weighted by Gasteiger charge is -2.12. The molecule has 7 nitrogen and oxygen atoms in total. The van der Waals surface area contributed by atoms with Crippen LogP contribution in [0.3, 0.4) is 0 Å². The summed E-state index contributed by atoms with van der Waals surface area (Å²) in [6.45, 7) is 6.21. The van der Waals surface area contributed by atoms with Crippen molar-refractivity contribution in [3.8, 4) is 0 Å². The molecule has 1 fully saturated rings. The summed E-state index contributed by atoms with van der Waals surface area (Å²) in [4.78, 5) is 27.2. The molecule has 0 aliphatic heterocycles. The number of nitrogens with zero attached hydrogens (tertiary/aromatic N) is 1. The van der Waals surface area contributed by atoms with Gasteiger partial charge in [0.15, 0.2) is 5.96 Å². The summed E-state index contributed by atoms with van der Waals surface area (Å²) in [5.41, 5.74) is 1.96. The van der Waals surface area contributed by atoms with E-state index in [4.69, 9.17) is 0 Å². The number of rotatable bonds is 9. The monoisotopic (exact) mass is 359 g/mol. The topological polar surface area (TPSA) is 94.6 Å². The largest absolute Gasteiger partial charge is 0.357 e. The highest BCUT2D eigenvalue weighted by molar-refractivity contribution is 5.88. The van der Waals surface area contributed by atoms with Crippen LogP contribution in [0.15, 0.2) is 29.3 Å².